The lowest BCUT2D eigenvalue weighted by Crippen LogP contribution is -2.29. The number of ether oxygens (including phenoxy) is 2. The number of carbonyl (C=O) groups is 1. The highest BCUT2D eigenvalue weighted by atomic mass is 35.5. The van der Waals surface area contributed by atoms with E-state index in [0.717, 1.165) is 44.5 Å². The lowest BCUT2D eigenvalue weighted by Gasteiger charge is -2.28. The van der Waals surface area contributed by atoms with E-state index in [1.54, 1.807) is 31.2 Å². The number of unbranched alkanes of at least 4 members (excludes halogenated alkanes) is 4. The van der Waals surface area contributed by atoms with Crippen molar-refractivity contribution in [3.63, 3.8) is 0 Å². The topological polar surface area (TPSA) is 88.2 Å². The van der Waals surface area contributed by atoms with Gasteiger partial charge in [-0.05, 0) is 74.2 Å². The summed E-state index contributed by atoms with van der Waals surface area (Å²) in [6, 6.07) is 18.6. The maximum Gasteiger partial charge on any atom is 0.308 e. The number of esters is 1. The molecule has 234 valence electrons. The number of benzene rings is 3. The largest absolute Gasteiger partial charge is 0.455 e. The first kappa shape index (κ1) is 33.4. The predicted molar refractivity (Wildman–Crippen MR) is 178 cm³/mol. The standard InChI is InChI=1S/C34H41Cl2N5O3/c1-3-5-6-7-9-12-33(44-32(42)4-2)43-29-23-30(35)34(31(36)24-29)40-39-26-15-13-25(14-16-26)37-38-27-17-19-28(20-18-27)41-21-10-8-11-22-41/h13-20,23-24,33H,3-12,21-22H2,1-2H3. The highest BCUT2D eigenvalue weighted by Crippen LogP contribution is 2.38. The fourth-order valence-electron chi connectivity index (χ4n) is 4.84. The molecule has 1 heterocycles. The van der Waals surface area contributed by atoms with Gasteiger partial charge in [0.25, 0.3) is 0 Å². The quantitative estimate of drug-likeness (QED) is 0.0717. The van der Waals surface area contributed by atoms with Crippen LogP contribution >= 0.6 is 23.2 Å². The molecule has 0 spiro atoms. The second-order valence-corrected chi connectivity index (χ2v) is 11.6. The summed E-state index contributed by atoms with van der Waals surface area (Å²) in [4.78, 5) is 14.4. The summed E-state index contributed by atoms with van der Waals surface area (Å²) >= 11 is 13.0. The predicted octanol–water partition coefficient (Wildman–Crippen LogP) is 11.8. The molecule has 0 radical (unpaired) electrons. The van der Waals surface area contributed by atoms with Crippen molar-refractivity contribution < 1.29 is 14.3 Å². The summed E-state index contributed by atoms with van der Waals surface area (Å²) in [6.07, 6.45) is 9.39. The number of anilines is 1. The zero-order valence-corrected chi connectivity index (χ0v) is 27.1. The summed E-state index contributed by atoms with van der Waals surface area (Å²) in [6.45, 7) is 6.15. The van der Waals surface area contributed by atoms with Crippen molar-refractivity contribution in [1.82, 2.24) is 0 Å². The number of hydrogen-bond acceptors (Lipinski definition) is 8. The van der Waals surface area contributed by atoms with E-state index in [1.165, 1.54) is 31.4 Å². The Labute approximate surface area is 270 Å². The van der Waals surface area contributed by atoms with Gasteiger partial charge in [-0.2, -0.15) is 15.3 Å². The van der Waals surface area contributed by atoms with Crippen LogP contribution in [0, 0.1) is 0 Å². The Morgan fingerprint density at radius 3 is 1.89 bits per heavy atom. The van der Waals surface area contributed by atoms with Gasteiger partial charge in [-0.3, -0.25) is 4.79 Å². The number of rotatable bonds is 15. The maximum atomic E-state index is 11.9. The van der Waals surface area contributed by atoms with E-state index in [4.69, 9.17) is 32.7 Å². The molecule has 4 rings (SSSR count). The molecule has 1 saturated heterocycles. The normalized spacial score (nSPS) is 14.3. The van der Waals surface area contributed by atoms with Crippen LogP contribution in [0.4, 0.5) is 28.4 Å². The van der Waals surface area contributed by atoms with Crippen LogP contribution in [0.1, 0.15) is 78.1 Å². The number of piperidine rings is 1. The van der Waals surface area contributed by atoms with Crippen LogP contribution < -0.4 is 9.64 Å². The zero-order chi connectivity index (χ0) is 31.1. The van der Waals surface area contributed by atoms with E-state index in [-0.39, 0.29) is 22.4 Å². The van der Waals surface area contributed by atoms with Crippen LogP contribution in [0.2, 0.25) is 10.0 Å². The van der Waals surface area contributed by atoms with Crippen molar-refractivity contribution in [3.8, 4) is 5.75 Å². The number of nitrogens with zero attached hydrogens (tertiary/aromatic N) is 5. The van der Waals surface area contributed by atoms with Crippen LogP contribution in [0.25, 0.3) is 0 Å². The van der Waals surface area contributed by atoms with Crippen molar-refractivity contribution in [1.29, 1.82) is 0 Å². The molecule has 1 fully saturated rings. The van der Waals surface area contributed by atoms with Gasteiger partial charge in [0.2, 0.25) is 6.29 Å². The van der Waals surface area contributed by atoms with Crippen LogP contribution in [-0.2, 0) is 9.53 Å². The van der Waals surface area contributed by atoms with Crippen molar-refractivity contribution >= 4 is 57.6 Å². The first-order chi connectivity index (χ1) is 21.4. The molecule has 3 aromatic rings. The average molecular weight is 639 g/mol. The molecule has 0 bridgehead atoms. The van der Waals surface area contributed by atoms with Crippen LogP contribution in [-0.4, -0.2) is 25.3 Å². The van der Waals surface area contributed by atoms with Gasteiger partial charge in [-0.1, -0.05) is 62.7 Å². The van der Waals surface area contributed by atoms with Crippen molar-refractivity contribution in [2.75, 3.05) is 18.0 Å². The van der Waals surface area contributed by atoms with Gasteiger partial charge in [0.05, 0.1) is 27.1 Å². The number of halogens is 2. The Morgan fingerprint density at radius 1 is 0.773 bits per heavy atom. The SMILES string of the molecule is CCCCCCCC(OC(=O)CC)Oc1cc(Cl)c(N=Nc2ccc(N=Nc3ccc(N4CCCCC4)cc3)cc2)c(Cl)c1. The lowest BCUT2D eigenvalue weighted by molar-refractivity contribution is -0.164. The van der Waals surface area contributed by atoms with Crippen molar-refractivity contribution in [2.45, 2.75) is 84.3 Å². The first-order valence-corrected chi connectivity index (χ1v) is 16.3. The van der Waals surface area contributed by atoms with Gasteiger partial charge < -0.3 is 14.4 Å². The van der Waals surface area contributed by atoms with Gasteiger partial charge in [-0.25, -0.2) is 0 Å². The van der Waals surface area contributed by atoms with Gasteiger partial charge in [0.1, 0.15) is 11.4 Å². The zero-order valence-electron chi connectivity index (χ0n) is 25.6. The lowest BCUT2D eigenvalue weighted by atomic mass is 10.1. The molecule has 1 atom stereocenters. The Bertz CT molecular complexity index is 1370. The summed E-state index contributed by atoms with van der Waals surface area (Å²) in [5, 5.41) is 17.8. The summed E-state index contributed by atoms with van der Waals surface area (Å²) in [5.74, 6) is 0.0813. The van der Waals surface area contributed by atoms with Crippen LogP contribution in [0.5, 0.6) is 5.75 Å². The third-order valence-corrected chi connectivity index (χ3v) is 7.90. The molecule has 44 heavy (non-hydrogen) atoms. The van der Waals surface area contributed by atoms with Gasteiger partial charge in [-0.15, -0.1) is 5.11 Å². The third-order valence-electron chi connectivity index (χ3n) is 7.32. The number of azo groups is 2. The first-order valence-electron chi connectivity index (χ1n) is 15.6. The highest BCUT2D eigenvalue weighted by molar-refractivity contribution is 6.38. The molecule has 3 aromatic carbocycles. The molecule has 0 N–H and O–H groups in total. The smallest absolute Gasteiger partial charge is 0.308 e. The molecular weight excluding hydrogens is 597 g/mol. The molecule has 1 aliphatic rings. The fourth-order valence-corrected chi connectivity index (χ4v) is 5.38. The Kier molecular flexibility index (Phi) is 13.4. The van der Waals surface area contributed by atoms with E-state index in [1.807, 2.05) is 24.3 Å². The Hall–Kier alpha value is -3.49. The number of hydrogen-bond donors (Lipinski definition) is 0. The fraction of sp³-hybridized carbons (Fsp3) is 0.441. The molecule has 1 unspecified atom stereocenters. The molecule has 0 amide bonds. The van der Waals surface area contributed by atoms with Crippen LogP contribution in [0.3, 0.4) is 0 Å². The monoisotopic (exact) mass is 637 g/mol. The summed E-state index contributed by atoms with van der Waals surface area (Å²) < 4.78 is 11.5. The minimum Gasteiger partial charge on any atom is -0.455 e. The second kappa shape index (κ2) is 17.7. The minimum absolute atomic E-state index is 0.271. The molecule has 0 saturated carbocycles. The van der Waals surface area contributed by atoms with Gasteiger partial charge >= 0.3 is 5.97 Å². The number of carbonyl (C=O) groups excluding carboxylic acids is 1. The summed E-state index contributed by atoms with van der Waals surface area (Å²) in [7, 11) is 0. The molecule has 0 aliphatic carbocycles. The molecule has 10 heteroatoms. The highest BCUT2D eigenvalue weighted by Gasteiger charge is 2.17. The average Bonchev–Trinajstić information content (AvgIpc) is 3.04. The second-order valence-electron chi connectivity index (χ2n) is 10.8. The Balaban J connectivity index is 1.34. The van der Waals surface area contributed by atoms with E-state index >= 15 is 0 Å². The van der Waals surface area contributed by atoms with E-state index in [2.05, 4.69) is 44.4 Å². The van der Waals surface area contributed by atoms with Crippen LogP contribution in [0.15, 0.2) is 81.1 Å². The van der Waals surface area contributed by atoms with E-state index in [0.29, 0.717) is 29.2 Å². The van der Waals surface area contributed by atoms with Crippen molar-refractivity contribution in [3.05, 3.63) is 70.7 Å². The maximum absolute atomic E-state index is 11.9. The van der Waals surface area contributed by atoms with Gasteiger partial charge in [0.15, 0.2) is 0 Å². The van der Waals surface area contributed by atoms with E-state index in [9.17, 15) is 4.79 Å². The van der Waals surface area contributed by atoms with Gasteiger partial charge in [0, 0.05) is 43.8 Å². The van der Waals surface area contributed by atoms with E-state index < -0.39 is 6.29 Å². The molecule has 0 aromatic heterocycles. The third kappa shape index (κ3) is 10.6. The molecule has 8 nitrogen and oxygen atoms in total. The Morgan fingerprint density at radius 2 is 1.32 bits per heavy atom. The molecular formula is C34H41Cl2N5O3. The summed E-state index contributed by atoms with van der Waals surface area (Å²) in [5.41, 5.74) is 3.66. The molecule has 1 aliphatic heterocycles. The minimum atomic E-state index is -0.710. The van der Waals surface area contributed by atoms with Crippen molar-refractivity contribution in [2.24, 2.45) is 20.5 Å².